The zero-order chi connectivity index (χ0) is 37.8. The number of nitrogens with one attached hydrogen (secondary N) is 1. The highest BCUT2D eigenvalue weighted by Crippen LogP contribution is 2.00. The molecular formula is C37H63NO15. The van der Waals surface area contributed by atoms with E-state index in [2.05, 4.69) is 11.2 Å². The minimum atomic E-state index is -0.472. The van der Waals surface area contributed by atoms with Gasteiger partial charge in [-0.25, -0.2) is 4.79 Å². The van der Waals surface area contributed by atoms with E-state index >= 15 is 0 Å². The van der Waals surface area contributed by atoms with Crippen LogP contribution >= 0.6 is 0 Å². The third kappa shape index (κ3) is 39.0. The van der Waals surface area contributed by atoms with Crippen LogP contribution < -0.4 is 5.32 Å². The molecule has 16 nitrogen and oxygen atoms in total. The van der Waals surface area contributed by atoms with E-state index in [0.717, 1.165) is 5.56 Å². The molecule has 0 spiro atoms. The topological polar surface area (TPSA) is 158 Å². The van der Waals surface area contributed by atoms with E-state index in [9.17, 15) is 4.79 Å². The van der Waals surface area contributed by atoms with E-state index < -0.39 is 6.09 Å². The molecule has 0 aliphatic heterocycles. The van der Waals surface area contributed by atoms with Gasteiger partial charge >= 0.3 is 6.09 Å². The quantitative estimate of drug-likeness (QED) is 0.0759. The van der Waals surface area contributed by atoms with Crippen LogP contribution in [0, 0.1) is 12.3 Å². The van der Waals surface area contributed by atoms with E-state index in [1.807, 2.05) is 30.3 Å². The molecule has 53 heavy (non-hydrogen) atoms. The predicted octanol–water partition coefficient (Wildman–Crippen LogP) is 1.76. The fourth-order valence-corrected chi connectivity index (χ4v) is 3.77. The molecule has 1 amide bonds. The van der Waals surface area contributed by atoms with Gasteiger partial charge in [0.2, 0.25) is 0 Å². The number of rotatable bonds is 42. The second kappa shape index (κ2) is 42.3. The summed E-state index contributed by atoms with van der Waals surface area (Å²) in [6, 6.07) is 9.50. The third-order valence-electron chi connectivity index (χ3n) is 6.38. The lowest BCUT2D eigenvalue weighted by atomic mass is 10.2. The van der Waals surface area contributed by atoms with Crippen LogP contribution in [0.25, 0.3) is 0 Å². The highest BCUT2D eigenvalue weighted by atomic mass is 16.6. The molecule has 1 rings (SSSR count). The van der Waals surface area contributed by atoms with Gasteiger partial charge in [-0.05, 0) is 5.56 Å². The van der Waals surface area contributed by atoms with Crippen LogP contribution in [-0.4, -0.2) is 184 Å². The van der Waals surface area contributed by atoms with Gasteiger partial charge in [-0.15, -0.1) is 6.42 Å². The molecule has 0 saturated heterocycles. The Bertz CT molecular complexity index is 925. The molecule has 0 atom stereocenters. The van der Waals surface area contributed by atoms with Gasteiger partial charge in [0.05, 0.1) is 165 Å². The van der Waals surface area contributed by atoms with Gasteiger partial charge in [0.1, 0.15) is 13.2 Å². The summed E-state index contributed by atoms with van der Waals surface area (Å²) < 4.78 is 75.6. The minimum Gasteiger partial charge on any atom is -0.445 e. The van der Waals surface area contributed by atoms with Crippen molar-refractivity contribution < 1.29 is 71.1 Å². The maximum absolute atomic E-state index is 11.6. The van der Waals surface area contributed by atoms with Crippen molar-refractivity contribution in [2.45, 2.75) is 6.61 Å². The van der Waals surface area contributed by atoms with Crippen molar-refractivity contribution in [2.24, 2.45) is 0 Å². The maximum Gasteiger partial charge on any atom is 0.407 e. The first kappa shape index (κ1) is 48.5. The Morgan fingerprint density at radius 3 is 1.02 bits per heavy atom. The molecular weight excluding hydrogens is 698 g/mol. The standard InChI is InChI=1S/C37H63NO15/c1-2-9-40-11-13-42-15-17-44-19-21-46-23-25-48-27-29-50-31-33-52-34-32-51-30-28-49-26-24-47-22-20-45-18-16-43-14-12-41-10-8-38-37(39)53-35-36-6-4-3-5-7-36/h1,3-7H,8-35H2,(H,38,39). The second-order valence-corrected chi connectivity index (χ2v) is 10.6. The molecule has 0 aliphatic rings. The second-order valence-electron chi connectivity index (χ2n) is 10.6. The first-order chi connectivity index (χ1) is 26.3. The summed E-state index contributed by atoms with van der Waals surface area (Å²) in [5.41, 5.74) is 0.935. The largest absolute Gasteiger partial charge is 0.445 e. The number of carbonyl (C=O) groups excluding carboxylic acids is 1. The third-order valence-corrected chi connectivity index (χ3v) is 6.38. The van der Waals surface area contributed by atoms with E-state index in [-0.39, 0.29) is 6.61 Å². The number of alkyl carbamates (subject to hydrolysis) is 1. The molecule has 0 fully saturated rings. The highest BCUT2D eigenvalue weighted by molar-refractivity contribution is 5.67. The van der Waals surface area contributed by atoms with E-state index in [4.69, 9.17) is 72.7 Å². The lowest BCUT2D eigenvalue weighted by Gasteiger charge is -2.09. The van der Waals surface area contributed by atoms with Gasteiger partial charge in [0, 0.05) is 6.54 Å². The zero-order valence-corrected chi connectivity index (χ0v) is 31.4. The SMILES string of the molecule is C#CCOCCOCCOCCOCCOCCOCCOCCOCCOCCOCCOCCOCCOCCNC(=O)OCc1ccccc1. The summed E-state index contributed by atoms with van der Waals surface area (Å²) in [4.78, 5) is 11.6. The molecule has 0 saturated carbocycles. The Morgan fingerprint density at radius 1 is 0.434 bits per heavy atom. The molecule has 0 aliphatic carbocycles. The molecule has 0 heterocycles. The molecule has 1 aromatic carbocycles. The Labute approximate surface area is 315 Å². The van der Waals surface area contributed by atoms with Gasteiger partial charge in [0.25, 0.3) is 0 Å². The number of amides is 1. The Balaban J connectivity index is 1.62. The van der Waals surface area contributed by atoms with Crippen molar-refractivity contribution in [3.63, 3.8) is 0 Å². The highest BCUT2D eigenvalue weighted by Gasteiger charge is 2.02. The summed E-state index contributed by atoms with van der Waals surface area (Å²) in [5, 5.41) is 2.64. The molecule has 0 bridgehead atoms. The lowest BCUT2D eigenvalue weighted by Crippen LogP contribution is -2.28. The Morgan fingerprint density at radius 2 is 0.717 bits per heavy atom. The van der Waals surface area contributed by atoms with Crippen LogP contribution in [0.1, 0.15) is 5.56 Å². The number of ether oxygens (including phenoxy) is 14. The molecule has 0 aromatic heterocycles. The Kier molecular flexibility index (Phi) is 38.7. The van der Waals surface area contributed by atoms with E-state index in [1.54, 1.807) is 0 Å². The van der Waals surface area contributed by atoms with Crippen molar-refractivity contribution in [1.29, 1.82) is 0 Å². The van der Waals surface area contributed by atoms with Crippen molar-refractivity contribution in [3.05, 3.63) is 35.9 Å². The van der Waals surface area contributed by atoms with Crippen molar-refractivity contribution in [3.8, 4) is 12.3 Å². The Hall–Kier alpha value is -2.47. The zero-order valence-electron chi connectivity index (χ0n) is 31.4. The van der Waals surface area contributed by atoms with Crippen LogP contribution in [0.2, 0.25) is 0 Å². The van der Waals surface area contributed by atoms with Crippen LogP contribution in [0.4, 0.5) is 4.79 Å². The fraction of sp³-hybridized carbons (Fsp3) is 0.757. The smallest absolute Gasteiger partial charge is 0.407 e. The van der Waals surface area contributed by atoms with Crippen molar-refractivity contribution >= 4 is 6.09 Å². The predicted molar refractivity (Wildman–Crippen MR) is 194 cm³/mol. The maximum atomic E-state index is 11.6. The van der Waals surface area contributed by atoms with Gasteiger partial charge in [0.15, 0.2) is 0 Å². The average molecular weight is 762 g/mol. The number of hydrogen-bond donors (Lipinski definition) is 1. The molecule has 1 N–H and O–H groups in total. The van der Waals surface area contributed by atoms with E-state index in [0.29, 0.717) is 178 Å². The van der Waals surface area contributed by atoms with Gasteiger partial charge in [-0.2, -0.15) is 0 Å². The fourth-order valence-electron chi connectivity index (χ4n) is 3.77. The summed E-state index contributed by atoms with van der Waals surface area (Å²) >= 11 is 0. The van der Waals surface area contributed by atoms with E-state index in [1.165, 1.54) is 0 Å². The van der Waals surface area contributed by atoms with Crippen LogP contribution in [-0.2, 0) is 72.9 Å². The first-order valence-corrected chi connectivity index (χ1v) is 18.2. The van der Waals surface area contributed by atoms with Gasteiger partial charge in [-0.1, -0.05) is 36.3 Å². The van der Waals surface area contributed by atoms with Crippen LogP contribution in [0.3, 0.4) is 0 Å². The van der Waals surface area contributed by atoms with Crippen LogP contribution in [0.15, 0.2) is 30.3 Å². The summed E-state index contributed by atoms with van der Waals surface area (Å²) in [7, 11) is 0. The molecule has 0 unspecified atom stereocenters. The average Bonchev–Trinajstić information content (AvgIpc) is 3.18. The number of benzene rings is 1. The minimum absolute atomic E-state index is 0.235. The number of terminal acetylenes is 1. The summed E-state index contributed by atoms with van der Waals surface area (Å²) in [6.45, 7) is 13.0. The molecule has 16 heteroatoms. The van der Waals surface area contributed by atoms with Crippen molar-refractivity contribution in [2.75, 3.05) is 178 Å². The van der Waals surface area contributed by atoms with Gasteiger partial charge < -0.3 is 71.6 Å². The first-order valence-electron chi connectivity index (χ1n) is 18.2. The molecule has 0 radical (unpaired) electrons. The monoisotopic (exact) mass is 761 g/mol. The number of hydrogen-bond acceptors (Lipinski definition) is 15. The summed E-state index contributed by atoms with van der Waals surface area (Å²) in [5.74, 6) is 2.40. The number of carbonyl (C=O) groups is 1. The normalized spacial score (nSPS) is 11.2. The van der Waals surface area contributed by atoms with Gasteiger partial charge in [-0.3, -0.25) is 0 Å². The molecule has 306 valence electrons. The summed E-state index contributed by atoms with van der Waals surface area (Å²) in [6.07, 6.45) is 4.61. The lowest BCUT2D eigenvalue weighted by molar-refractivity contribution is -0.0288. The van der Waals surface area contributed by atoms with Crippen LogP contribution in [0.5, 0.6) is 0 Å². The van der Waals surface area contributed by atoms with Crippen molar-refractivity contribution in [1.82, 2.24) is 5.32 Å². The molecule has 1 aromatic rings.